The minimum Gasteiger partial charge on any atom is -0.348 e. The summed E-state index contributed by atoms with van der Waals surface area (Å²) < 4.78 is 1.84. The van der Waals surface area contributed by atoms with Crippen molar-refractivity contribution in [3.8, 4) is 0 Å². The SMILES string of the molecule is Cc1[nH]cnc1CC(=O)N1C[C@@H](N(C)C)[C@@H](n2ccnn2)C1. The Bertz CT molecular complexity index is 633. The number of rotatable bonds is 4. The van der Waals surface area contributed by atoms with Gasteiger partial charge in [0.25, 0.3) is 0 Å². The fraction of sp³-hybridized carbons (Fsp3) is 0.571. The quantitative estimate of drug-likeness (QED) is 0.850. The molecule has 1 aliphatic rings. The topological polar surface area (TPSA) is 82.9 Å². The van der Waals surface area contributed by atoms with E-state index >= 15 is 0 Å². The molecule has 0 aliphatic carbocycles. The first-order valence-electron chi connectivity index (χ1n) is 7.35. The van der Waals surface area contributed by atoms with Gasteiger partial charge in [-0.15, -0.1) is 5.10 Å². The second-order valence-electron chi connectivity index (χ2n) is 5.93. The van der Waals surface area contributed by atoms with Crippen molar-refractivity contribution in [1.82, 2.24) is 34.8 Å². The lowest BCUT2D eigenvalue weighted by atomic mass is 10.1. The van der Waals surface area contributed by atoms with Crippen LogP contribution < -0.4 is 0 Å². The average molecular weight is 303 g/mol. The predicted octanol–water partition coefficient (Wildman–Crippen LogP) is -0.134. The molecule has 8 nitrogen and oxygen atoms in total. The molecule has 1 aliphatic heterocycles. The molecule has 2 atom stereocenters. The number of hydrogen-bond acceptors (Lipinski definition) is 5. The molecule has 1 saturated heterocycles. The minimum absolute atomic E-state index is 0.102. The van der Waals surface area contributed by atoms with Crippen molar-refractivity contribution in [1.29, 1.82) is 0 Å². The molecule has 0 saturated carbocycles. The van der Waals surface area contributed by atoms with Crippen molar-refractivity contribution < 1.29 is 4.79 Å². The monoisotopic (exact) mass is 303 g/mol. The Hall–Kier alpha value is -2.22. The number of aromatic nitrogens is 5. The van der Waals surface area contributed by atoms with Gasteiger partial charge in [0, 0.05) is 25.0 Å². The zero-order valence-electron chi connectivity index (χ0n) is 13.1. The molecule has 118 valence electrons. The molecule has 0 spiro atoms. The van der Waals surface area contributed by atoms with Gasteiger partial charge in [-0.1, -0.05) is 5.21 Å². The highest BCUT2D eigenvalue weighted by Gasteiger charge is 2.38. The number of aromatic amines is 1. The third-order valence-electron chi connectivity index (χ3n) is 4.31. The molecule has 0 bridgehead atoms. The minimum atomic E-state index is 0.102. The van der Waals surface area contributed by atoms with E-state index in [0.29, 0.717) is 19.5 Å². The van der Waals surface area contributed by atoms with Crippen LogP contribution in [0.2, 0.25) is 0 Å². The first-order chi connectivity index (χ1) is 10.6. The summed E-state index contributed by atoms with van der Waals surface area (Å²) in [5.74, 6) is 0.102. The summed E-state index contributed by atoms with van der Waals surface area (Å²) in [4.78, 5) is 23.8. The van der Waals surface area contributed by atoms with E-state index in [9.17, 15) is 4.79 Å². The fourth-order valence-corrected chi connectivity index (χ4v) is 2.96. The molecule has 3 heterocycles. The van der Waals surface area contributed by atoms with Crippen molar-refractivity contribution >= 4 is 5.91 Å². The number of nitrogens with zero attached hydrogens (tertiary/aromatic N) is 6. The fourth-order valence-electron chi connectivity index (χ4n) is 2.96. The van der Waals surface area contributed by atoms with Crippen LogP contribution in [0.1, 0.15) is 17.4 Å². The number of carbonyl (C=O) groups is 1. The number of H-pyrrole nitrogens is 1. The summed E-state index contributed by atoms with van der Waals surface area (Å²) in [6, 6.07) is 0.354. The standard InChI is InChI=1S/C14H21N7O/c1-10-11(16-9-15-10)6-14(22)20-7-12(19(2)3)13(8-20)21-5-4-17-18-21/h4-5,9,12-13H,6-8H2,1-3H3,(H,15,16)/t12-,13+/m1/s1. The number of amides is 1. The Kier molecular flexibility index (Phi) is 3.93. The lowest BCUT2D eigenvalue weighted by Gasteiger charge is -2.24. The maximum atomic E-state index is 12.6. The Labute approximate surface area is 129 Å². The molecule has 2 aromatic heterocycles. The Balaban J connectivity index is 1.73. The van der Waals surface area contributed by atoms with Gasteiger partial charge in [0.05, 0.1) is 36.7 Å². The smallest absolute Gasteiger partial charge is 0.228 e. The third-order valence-corrected chi connectivity index (χ3v) is 4.31. The van der Waals surface area contributed by atoms with E-state index in [1.165, 1.54) is 0 Å². The van der Waals surface area contributed by atoms with Gasteiger partial charge in [0.15, 0.2) is 0 Å². The van der Waals surface area contributed by atoms with Crippen LogP contribution in [0.4, 0.5) is 0 Å². The maximum absolute atomic E-state index is 12.6. The Morgan fingerprint density at radius 3 is 2.86 bits per heavy atom. The van der Waals surface area contributed by atoms with Gasteiger partial charge in [-0.25, -0.2) is 9.67 Å². The van der Waals surface area contributed by atoms with Crippen LogP contribution >= 0.6 is 0 Å². The highest BCUT2D eigenvalue weighted by molar-refractivity contribution is 5.79. The van der Waals surface area contributed by atoms with E-state index in [2.05, 4.69) is 25.2 Å². The van der Waals surface area contributed by atoms with Crippen molar-refractivity contribution in [2.24, 2.45) is 0 Å². The first kappa shape index (κ1) is 14.7. The van der Waals surface area contributed by atoms with Crippen LogP contribution in [-0.4, -0.2) is 73.9 Å². The Morgan fingerprint density at radius 2 is 2.27 bits per heavy atom. The summed E-state index contributed by atoms with van der Waals surface area (Å²) in [6.45, 7) is 3.27. The number of nitrogens with one attached hydrogen (secondary N) is 1. The lowest BCUT2D eigenvalue weighted by Crippen LogP contribution is -2.37. The van der Waals surface area contributed by atoms with Crippen LogP contribution in [0.15, 0.2) is 18.7 Å². The van der Waals surface area contributed by atoms with Crippen LogP contribution in [0, 0.1) is 6.92 Å². The highest BCUT2D eigenvalue weighted by atomic mass is 16.2. The molecular formula is C14H21N7O. The maximum Gasteiger partial charge on any atom is 0.228 e. The van der Waals surface area contributed by atoms with E-state index in [1.54, 1.807) is 12.5 Å². The van der Waals surface area contributed by atoms with Gasteiger partial charge < -0.3 is 14.8 Å². The Morgan fingerprint density at radius 1 is 1.45 bits per heavy atom. The molecule has 1 fully saturated rings. The van der Waals surface area contributed by atoms with Gasteiger partial charge in [0.2, 0.25) is 5.91 Å². The third kappa shape index (κ3) is 2.74. The number of likely N-dealkylation sites (N-methyl/N-ethyl adjacent to an activating group) is 1. The summed E-state index contributed by atoms with van der Waals surface area (Å²) in [5.41, 5.74) is 1.76. The molecule has 22 heavy (non-hydrogen) atoms. The van der Waals surface area contributed by atoms with E-state index in [4.69, 9.17) is 0 Å². The van der Waals surface area contributed by atoms with E-state index in [-0.39, 0.29) is 18.0 Å². The second kappa shape index (κ2) is 5.88. The number of aryl methyl sites for hydroxylation is 1. The van der Waals surface area contributed by atoms with Gasteiger partial charge in [-0.3, -0.25) is 4.79 Å². The molecule has 0 aromatic carbocycles. The van der Waals surface area contributed by atoms with E-state index in [1.807, 2.05) is 36.8 Å². The molecule has 3 rings (SSSR count). The van der Waals surface area contributed by atoms with Crippen LogP contribution in [0.5, 0.6) is 0 Å². The van der Waals surface area contributed by atoms with Crippen molar-refractivity contribution in [3.63, 3.8) is 0 Å². The molecule has 1 amide bonds. The number of likely N-dealkylation sites (tertiary alicyclic amines) is 1. The highest BCUT2D eigenvalue weighted by Crippen LogP contribution is 2.25. The predicted molar refractivity (Wildman–Crippen MR) is 80.1 cm³/mol. The van der Waals surface area contributed by atoms with E-state index < -0.39 is 0 Å². The molecule has 2 aromatic rings. The number of imidazole rings is 1. The van der Waals surface area contributed by atoms with Crippen molar-refractivity contribution in [2.45, 2.75) is 25.4 Å². The number of carbonyl (C=O) groups excluding carboxylic acids is 1. The molecular weight excluding hydrogens is 282 g/mol. The summed E-state index contributed by atoms with van der Waals surface area (Å²) in [6.07, 6.45) is 5.49. The van der Waals surface area contributed by atoms with Crippen molar-refractivity contribution in [3.05, 3.63) is 30.1 Å². The van der Waals surface area contributed by atoms with Crippen LogP contribution in [0.3, 0.4) is 0 Å². The summed E-state index contributed by atoms with van der Waals surface area (Å²) in [5, 5.41) is 7.98. The largest absolute Gasteiger partial charge is 0.348 e. The second-order valence-corrected chi connectivity index (χ2v) is 5.93. The average Bonchev–Trinajstić information content (AvgIpc) is 3.18. The van der Waals surface area contributed by atoms with Crippen LogP contribution in [-0.2, 0) is 11.2 Å². The van der Waals surface area contributed by atoms with Gasteiger partial charge in [0.1, 0.15) is 0 Å². The van der Waals surface area contributed by atoms with Crippen LogP contribution in [0.25, 0.3) is 0 Å². The summed E-state index contributed by atoms with van der Waals surface area (Å²) >= 11 is 0. The molecule has 0 unspecified atom stereocenters. The molecule has 0 radical (unpaired) electrons. The van der Waals surface area contributed by atoms with E-state index in [0.717, 1.165) is 11.4 Å². The van der Waals surface area contributed by atoms with Gasteiger partial charge >= 0.3 is 0 Å². The normalized spacial score (nSPS) is 21.7. The van der Waals surface area contributed by atoms with Crippen molar-refractivity contribution in [2.75, 3.05) is 27.2 Å². The van der Waals surface area contributed by atoms with Gasteiger partial charge in [-0.05, 0) is 21.0 Å². The zero-order chi connectivity index (χ0) is 15.7. The molecule has 1 N–H and O–H groups in total. The first-order valence-corrected chi connectivity index (χ1v) is 7.35. The number of hydrogen-bond donors (Lipinski definition) is 1. The zero-order valence-corrected chi connectivity index (χ0v) is 13.1. The lowest BCUT2D eigenvalue weighted by molar-refractivity contribution is -0.129. The van der Waals surface area contributed by atoms with Gasteiger partial charge in [-0.2, -0.15) is 0 Å². The molecule has 8 heteroatoms. The summed E-state index contributed by atoms with van der Waals surface area (Å²) in [7, 11) is 4.06.